The molecule has 56 heavy (non-hydrogen) atoms. The Labute approximate surface area is 328 Å². The third-order valence-electron chi connectivity index (χ3n) is 16.9. The van der Waals surface area contributed by atoms with Crippen molar-refractivity contribution in [3.8, 4) is 0 Å². The van der Waals surface area contributed by atoms with Crippen molar-refractivity contribution in [2.24, 2.45) is 44.8 Å². The lowest BCUT2D eigenvalue weighted by atomic mass is 9.34. The summed E-state index contributed by atoms with van der Waals surface area (Å²) in [4.78, 5) is 13.7. The van der Waals surface area contributed by atoms with Crippen LogP contribution in [0.4, 0.5) is 0 Å². The van der Waals surface area contributed by atoms with Gasteiger partial charge in [0.1, 0.15) is 48.5 Å². The lowest BCUT2D eigenvalue weighted by Crippen LogP contribution is -2.67. The van der Waals surface area contributed by atoms with E-state index in [1.54, 1.807) is 0 Å². The van der Waals surface area contributed by atoms with Crippen molar-refractivity contribution in [1.82, 2.24) is 0 Å². The molecule has 21 atom stereocenters. The average Bonchev–Trinajstić information content (AvgIpc) is 3.59. The minimum absolute atomic E-state index is 0.0569. The molecule has 0 aromatic rings. The molecule has 0 bridgehead atoms. The Hall–Kier alpha value is -1.15. The molecule has 7 fully saturated rings. The van der Waals surface area contributed by atoms with E-state index in [9.17, 15) is 50.8 Å². The van der Waals surface area contributed by atoms with E-state index < -0.39 is 96.0 Å². The molecule has 3 aliphatic heterocycles. The van der Waals surface area contributed by atoms with Crippen molar-refractivity contribution in [3.05, 3.63) is 11.6 Å². The zero-order valence-electron chi connectivity index (χ0n) is 33.7. The molecule has 0 aromatic heterocycles. The number of rotatable bonds is 7. The Morgan fingerprint density at radius 1 is 0.625 bits per heavy atom. The molecule has 4 saturated carbocycles. The second kappa shape index (κ2) is 14.5. The van der Waals surface area contributed by atoms with Gasteiger partial charge < -0.3 is 74.4 Å². The molecule has 3 heterocycles. The van der Waals surface area contributed by atoms with Gasteiger partial charge in [-0.15, -0.1) is 0 Å². The number of aldehydes is 1. The molecule has 15 nitrogen and oxygen atoms in total. The van der Waals surface area contributed by atoms with Gasteiger partial charge in [-0.3, -0.25) is 0 Å². The normalized spacial score (nSPS) is 56.8. The summed E-state index contributed by atoms with van der Waals surface area (Å²) in [5, 5.41) is 96.8. The molecule has 0 spiro atoms. The van der Waals surface area contributed by atoms with Crippen molar-refractivity contribution >= 4 is 6.29 Å². The molecule has 6 unspecified atom stereocenters. The summed E-state index contributed by atoms with van der Waals surface area (Å²) < 4.78 is 28.5. The monoisotopic (exact) mass is 798 g/mol. The number of aliphatic hydroxyl groups is 9. The molecule has 0 aromatic carbocycles. The first-order valence-electron chi connectivity index (χ1n) is 20.6. The fourth-order valence-electron chi connectivity index (χ4n) is 13.7. The summed E-state index contributed by atoms with van der Waals surface area (Å²) in [5.74, 6) is 0.0609. The second-order valence-corrected chi connectivity index (χ2v) is 20.0. The van der Waals surface area contributed by atoms with Crippen LogP contribution in [0.25, 0.3) is 0 Å². The summed E-state index contributed by atoms with van der Waals surface area (Å²) in [5.41, 5.74) is -2.67. The van der Waals surface area contributed by atoms with Crippen LogP contribution in [0.1, 0.15) is 106 Å². The first kappa shape index (κ1) is 43.0. The summed E-state index contributed by atoms with van der Waals surface area (Å²) in [6.45, 7) is 14.9. The quantitative estimate of drug-likeness (QED) is 0.0990. The number of carbonyl (C=O) groups excluding carboxylic acids is 1. The Balaban J connectivity index is 1.07. The van der Waals surface area contributed by atoms with Gasteiger partial charge in [0.2, 0.25) is 0 Å². The highest BCUT2D eigenvalue weighted by molar-refractivity contribution is 5.62. The molecular formula is C41H66O15. The lowest BCUT2D eigenvalue weighted by molar-refractivity contribution is -0.402. The minimum atomic E-state index is -1.92. The maximum atomic E-state index is 13.7. The molecule has 0 radical (unpaired) electrons. The van der Waals surface area contributed by atoms with Crippen LogP contribution in [-0.4, -0.2) is 138 Å². The maximum Gasteiger partial charge on any atom is 0.189 e. The van der Waals surface area contributed by atoms with Crippen LogP contribution >= 0.6 is 0 Å². The fraction of sp³-hybridized carbons (Fsp3) is 0.927. The predicted octanol–water partition coefficient (Wildman–Crippen LogP) is 0.970. The number of hydrogen-bond donors (Lipinski definition) is 9. The maximum absolute atomic E-state index is 13.7. The van der Waals surface area contributed by atoms with Gasteiger partial charge in [0.15, 0.2) is 31.5 Å². The van der Waals surface area contributed by atoms with Crippen LogP contribution in [0, 0.1) is 44.8 Å². The van der Waals surface area contributed by atoms with Crippen LogP contribution in [0.5, 0.6) is 0 Å². The third kappa shape index (κ3) is 6.08. The average molecular weight is 799 g/mol. The van der Waals surface area contributed by atoms with Crippen molar-refractivity contribution in [2.45, 2.75) is 192 Å². The summed E-state index contributed by atoms with van der Waals surface area (Å²) in [7, 11) is 0. The van der Waals surface area contributed by atoms with Crippen molar-refractivity contribution in [3.63, 3.8) is 0 Å². The van der Waals surface area contributed by atoms with Gasteiger partial charge in [0.05, 0.1) is 12.2 Å². The van der Waals surface area contributed by atoms with Gasteiger partial charge in [0, 0.05) is 17.3 Å². The first-order valence-corrected chi connectivity index (χ1v) is 20.6. The number of allylic oxidation sites excluding steroid dienone is 1. The van der Waals surface area contributed by atoms with Crippen molar-refractivity contribution in [2.75, 3.05) is 0 Å². The predicted molar refractivity (Wildman–Crippen MR) is 195 cm³/mol. The number of fused-ring (bicyclic) bond motifs is 5. The molecule has 4 aliphatic carbocycles. The summed E-state index contributed by atoms with van der Waals surface area (Å²) >= 11 is 0. The molecule has 7 aliphatic rings. The van der Waals surface area contributed by atoms with E-state index in [-0.39, 0.29) is 34.7 Å². The molecule has 0 amide bonds. The van der Waals surface area contributed by atoms with E-state index in [4.69, 9.17) is 23.7 Å². The third-order valence-corrected chi connectivity index (χ3v) is 16.9. The Morgan fingerprint density at radius 3 is 1.88 bits per heavy atom. The van der Waals surface area contributed by atoms with Gasteiger partial charge in [-0.25, -0.2) is 0 Å². The van der Waals surface area contributed by atoms with E-state index in [1.165, 1.54) is 6.29 Å². The standard InChI is InChI=1S/C41H66O15/c1-19(2)16-20-17-41(51,35(50)52-20)39(7)15-14-38(6)22(39)8-9-23-37(38,5)12-10-21-36(3,4)24(11-13-40(21,23)18-42)53-33-29(47)26(44)30(32(49)56-33)54-34-28(46)25(43)27(45)31(48)55-34/h16,18,20-35,43-51H,8-15,17H2,1-7H3/t20?,21?,22?,23?,24?,25-,26+,27-,28-,29-,30-,31-,32?,33+,34-,35-,37-,38-,39+,40-,41-/m1/s1. The molecular weight excluding hydrogens is 732 g/mol. The van der Waals surface area contributed by atoms with E-state index in [0.29, 0.717) is 19.3 Å². The van der Waals surface area contributed by atoms with Crippen LogP contribution in [0.3, 0.4) is 0 Å². The van der Waals surface area contributed by atoms with Gasteiger partial charge in [0.25, 0.3) is 0 Å². The Morgan fingerprint density at radius 2 is 1.21 bits per heavy atom. The van der Waals surface area contributed by atoms with Gasteiger partial charge in [-0.1, -0.05) is 46.3 Å². The lowest BCUT2D eigenvalue weighted by Gasteiger charge is -2.70. The van der Waals surface area contributed by atoms with Crippen molar-refractivity contribution in [1.29, 1.82) is 0 Å². The largest absolute Gasteiger partial charge is 0.387 e. The highest BCUT2D eigenvalue weighted by Gasteiger charge is 2.75. The second-order valence-electron chi connectivity index (χ2n) is 20.0. The first-order chi connectivity index (χ1) is 26.0. The molecule has 3 saturated heterocycles. The van der Waals surface area contributed by atoms with Gasteiger partial charge in [-0.2, -0.15) is 0 Å². The van der Waals surface area contributed by atoms with E-state index in [2.05, 4.69) is 34.6 Å². The van der Waals surface area contributed by atoms with Crippen LogP contribution in [0.15, 0.2) is 11.6 Å². The number of ether oxygens (including phenoxy) is 5. The summed E-state index contributed by atoms with van der Waals surface area (Å²) in [6, 6.07) is 0. The van der Waals surface area contributed by atoms with E-state index in [1.807, 2.05) is 19.9 Å². The highest BCUT2D eigenvalue weighted by Crippen LogP contribution is 2.78. The van der Waals surface area contributed by atoms with Crippen molar-refractivity contribution < 1.29 is 74.4 Å². The van der Waals surface area contributed by atoms with Crippen LogP contribution < -0.4 is 0 Å². The molecule has 9 N–H and O–H groups in total. The molecule has 15 heteroatoms. The summed E-state index contributed by atoms with van der Waals surface area (Å²) in [6.07, 6.45) is -10.7. The highest BCUT2D eigenvalue weighted by atomic mass is 16.8. The zero-order valence-corrected chi connectivity index (χ0v) is 33.7. The number of hydrogen-bond acceptors (Lipinski definition) is 15. The fourth-order valence-corrected chi connectivity index (χ4v) is 13.7. The van der Waals surface area contributed by atoms with Gasteiger partial charge >= 0.3 is 0 Å². The Kier molecular flexibility index (Phi) is 11.1. The molecule has 320 valence electrons. The van der Waals surface area contributed by atoms with Crippen LogP contribution in [-0.2, 0) is 28.5 Å². The van der Waals surface area contributed by atoms with Gasteiger partial charge in [-0.05, 0) is 99.2 Å². The van der Waals surface area contributed by atoms with Crippen LogP contribution in [0.2, 0.25) is 0 Å². The smallest absolute Gasteiger partial charge is 0.189 e. The molecule has 7 rings (SSSR count). The number of aliphatic hydroxyl groups excluding tert-OH is 8. The van der Waals surface area contributed by atoms with E-state index >= 15 is 0 Å². The zero-order chi connectivity index (χ0) is 41.1. The SMILES string of the molecule is CC(C)=CC1C[C@](O)([C@@]2(C)CC[C@]3(C)C2CCC2[C@@]4(C=O)CCC(O[C@H]5OC(O)[C@H](O[C@@H]6O[C@@H](O)[C@H](O)[C@@H](O)[C@H]6O)[C@@H](O)[C@H]5O)C(C)(C)C4CC[C@]23C)[C@H](O)O1. The topological polar surface area (TPSA) is 245 Å². The Bertz CT molecular complexity index is 1510. The van der Waals surface area contributed by atoms with E-state index in [0.717, 1.165) is 44.1 Å². The number of carbonyl (C=O) groups is 1. The minimum Gasteiger partial charge on any atom is -0.387 e.